The van der Waals surface area contributed by atoms with Crippen LogP contribution in [-0.2, 0) is 0 Å². The lowest BCUT2D eigenvalue weighted by atomic mass is 10.2. The van der Waals surface area contributed by atoms with E-state index in [9.17, 15) is 0 Å². The van der Waals surface area contributed by atoms with E-state index in [-0.39, 0.29) is 0 Å². The van der Waals surface area contributed by atoms with E-state index in [4.69, 9.17) is 16.3 Å². The highest BCUT2D eigenvalue weighted by Crippen LogP contribution is 2.18. The van der Waals surface area contributed by atoms with Gasteiger partial charge in [-0.2, -0.15) is 0 Å². The van der Waals surface area contributed by atoms with Crippen LogP contribution < -0.4 is 9.64 Å². The summed E-state index contributed by atoms with van der Waals surface area (Å²) in [6, 6.07) is 8.03. The van der Waals surface area contributed by atoms with Crippen molar-refractivity contribution in [1.29, 1.82) is 0 Å². The third-order valence-corrected chi connectivity index (χ3v) is 2.41. The summed E-state index contributed by atoms with van der Waals surface area (Å²) in [5.74, 6) is 1.60. The molecule has 0 radical (unpaired) electrons. The Morgan fingerprint density at radius 2 is 1.93 bits per heavy atom. The lowest BCUT2D eigenvalue weighted by Gasteiger charge is -2.18. The molecule has 0 saturated carbocycles. The highest BCUT2D eigenvalue weighted by molar-refractivity contribution is 6.17. The third kappa shape index (κ3) is 3.11. The van der Waals surface area contributed by atoms with Gasteiger partial charge in [0.1, 0.15) is 5.75 Å². The van der Waals surface area contributed by atoms with Crippen molar-refractivity contribution in [2.24, 2.45) is 0 Å². The molecule has 0 aliphatic heterocycles. The van der Waals surface area contributed by atoms with Gasteiger partial charge in [0.05, 0.1) is 7.11 Å². The topological polar surface area (TPSA) is 12.5 Å². The van der Waals surface area contributed by atoms with Crippen LogP contribution in [0.2, 0.25) is 0 Å². The molecule has 0 spiro atoms. The summed E-state index contributed by atoms with van der Waals surface area (Å²) in [6.07, 6.45) is 1.00. The summed E-state index contributed by atoms with van der Waals surface area (Å²) in [4.78, 5) is 2.18. The molecular formula is C11H16ClNO. The minimum atomic E-state index is 0.709. The smallest absolute Gasteiger partial charge is 0.119 e. The Labute approximate surface area is 90.4 Å². The number of halogens is 1. The lowest BCUT2D eigenvalue weighted by Crippen LogP contribution is -2.18. The molecule has 0 bridgehead atoms. The van der Waals surface area contributed by atoms with Crippen LogP contribution in [0.1, 0.15) is 6.42 Å². The quantitative estimate of drug-likeness (QED) is 0.698. The number of methoxy groups -OCH3 is 1. The van der Waals surface area contributed by atoms with E-state index in [1.165, 1.54) is 5.69 Å². The Kier molecular flexibility index (Phi) is 4.60. The first-order valence-electron chi connectivity index (χ1n) is 4.69. The molecule has 78 valence electrons. The second kappa shape index (κ2) is 5.76. The molecule has 0 aliphatic rings. The van der Waals surface area contributed by atoms with Crippen molar-refractivity contribution in [3.63, 3.8) is 0 Å². The van der Waals surface area contributed by atoms with Gasteiger partial charge in [-0.3, -0.25) is 0 Å². The molecule has 0 aromatic heterocycles. The van der Waals surface area contributed by atoms with Crippen molar-refractivity contribution < 1.29 is 4.74 Å². The van der Waals surface area contributed by atoms with E-state index in [1.54, 1.807) is 7.11 Å². The van der Waals surface area contributed by atoms with Crippen molar-refractivity contribution in [2.75, 3.05) is 31.5 Å². The second-order valence-corrected chi connectivity index (χ2v) is 3.54. The van der Waals surface area contributed by atoms with Gasteiger partial charge in [-0.15, -0.1) is 11.6 Å². The van der Waals surface area contributed by atoms with Crippen molar-refractivity contribution in [2.45, 2.75) is 6.42 Å². The SMILES string of the molecule is COc1ccc(N(C)CCCCl)cc1. The first kappa shape index (κ1) is 11.2. The van der Waals surface area contributed by atoms with Crippen molar-refractivity contribution in [3.05, 3.63) is 24.3 Å². The summed E-state index contributed by atoms with van der Waals surface area (Å²) in [5.41, 5.74) is 1.19. The summed E-state index contributed by atoms with van der Waals surface area (Å²) >= 11 is 5.63. The Morgan fingerprint density at radius 3 is 2.43 bits per heavy atom. The van der Waals surface area contributed by atoms with E-state index < -0.39 is 0 Å². The zero-order chi connectivity index (χ0) is 10.4. The standard InChI is InChI=1S/C11H16ClNO/c1-13(9-3-8-12)10-4-6-11(14-2)7-5-10/h4-7H,3,8-9H2,1-2H3. The first-order valence-corrected chi connectivity index (χ1v) is 5.22. The molecule has 3 heteroatoms. The lowest BCUT2D eigenvalue weighted by molar-refractivity contribution is 0.415. The molecule has 0 fully saturated rings. The van der Waals surface area contributed by atoms with Crippen molar-refractivity contribution >= 4 is 17.3 Å². The van der Waals surface area contributed by atoms with E-state index in [2.05, 4.69) is 11.9 Å². The predicted octanol–water partition coefficient (Wildman–Crippen LogP) is 2.76. The van der Waals surface area contributed by atoms with Crippen LogP contribution in [-0.4, -0.2) is 26.6 Å². The number of anilines is 1. The number of alkyl halides is 1. The molecule has 0 unspecified atom stereocenters. The van der Waals surface area contributed by atoms with Crippen molar-refractivity contribution in [3.8, 4) is 5.75 Å². The van der Waals surface area contributed by atoms with Gasteiger partial charge < -0.3 is 9.64 Å². The van der Waals surface area contributed by atoms with Crippen LogP contribution in [0.3, 0.4) is 0 Å². The van der Waals surface area contributed by atoms with Gasteiger partial charge in [0.15, 0.2) is 0 Å². The maximum atomic E-state index is 5.63. The van der Waals surface area contributed by atoms with Crippen LogP contribution >= 0.6 is 11.6 Å². The van der Waals surface area contributed by atoms with E-state index >= 15 is 0 Å². The van der Waals surface area contributed by atoms with E-state index in [0.717, 1.165) is 18.7 Å². The highest BCUT2D eigenvalue weighted by atomic mass is 35.5. The Bertz CT molecular complexity index is 260. The number of hydrogen-bond acceptors (Lipinski definition) is 2. The van der Waals surface area contributed by atoms with Gasteiger partial charge in [0, 0.05) is 25.2 Å². The Hall–Kier alpha value is -0.890. The summed E-state index contributed by atoms with van der Waals surface area (Å²) in [7, 11) is 3.74. The maximum Gasteiger partial charge on any atom is 0.119 e. The molecule has 1 aromatic carbocycles. The molecule has 1 rings (SSSR count). The number of rotatable bonds is 5. The van der Waals surface area contributed by atoms with E-state index in [0.29, 0.717) is 5.88 Å². The fourth-order valence-electron chi connectivity index (χ4n) is 1.26. The average molecular weight is 214 g/mol. The normalized spacial score (nSPS) is 9.93. The van der Waals surface area contributed by atoms with Crippen LogP contribution in [0.4, 0.5) is 5.69 Å². The molecule has 1 aromatic rings. The summed E-state index contributed by atoms with van der Waals surface area (Å²) < 4.78 is 5.09. The number of nitrogens with zero attached hydrogens (tertiary/aromatic N) is 1. The van der Waals surface area contributed by atoms with Crippen LogP contribution in [0.15, 0.2) is 24.3 Å². The van der Waals surface area contributed by atoms with Gasteiger partial charge in [-0.05, 0) is 30.7 Å². The van der Waals surface area contributed by atoms with Gasteiger partial charge in [0.25, 0.3) is 0 Å². The molecule has 0 heterocycles. The molecular weight excluding hydrogens is 198 g/mol. The zero-order valence-corrected chi connectivity index (χ0v) is 9.42. The minimum absolute atomic E-state index is 0.709. The predicted molar refractivity (Wildman–Crippen MR) is 61.6 cm³/mol. The largest absolute Gasteiger partial charge is 0.497 e. The molecule has 0 amide bonds. The van der Waals surface area contributed by atoms with Crippen LogP contribution in [0.25, 0.3) is 0 Å². The number of hydrogen-bond donors (Lipinski definition) is 0. The fourth-order valence-corrected chi connectivity index (χ4v) is 1.38. The van der Waals surface area contributed by atoms with E-state index in [1.807, 2.05) is 24.3 Å². The van der Waals surface area contributed by atoms with Gasteiger partial charge in [-0.1, -0.05) is 0 Å². The summed E-state index contributed by atoms with van der Waals surface area (Å²) in [5, 5.41) is 0. The molecule has 0 aliphatic carbocycles. The Morgan fingerprint density at radius 1 is 1.29 bits per heavy atom. The summed E-state index contributed by atoms with van der Waals surface area (Å²) in [6.45, 7) is 0.982. The van der Waals surface area contributed by atoms with Crippen LogP contribution in [0, 0.1) is 0 Å². The molecule has 2 nitrogen and oxygen atoms in total. The van der Waals surface area contributed by atoms with Gasteiger partial charge in [-0.25, -0.2) is 0 Å². The zero-order valence-electron chi connectivity index (χ0n) is 8.66. The Balaban J connectivity index is 2.57. The highest BCUT2D eigenvalue weighted by Gasteiger charge is 1.99. The maximum absolute atomic E-state index is 5.63. The first-order chi connectivity index (χ1) is 6.77. The third-order valence-electron chi connectivity index (χ3n) is 2.14. The van der Waals surface area contributed by atoms with Gasteiger partial charge >= 0.3 is 0 Å². The van der Waals surface area contributed by atoms with Gasteiger partial charge in [0.2, 0.25) is 0 Å². The molecule has 0 N–H and O–H groups in total. The molecule has 0 saturated heterocycles. The van der Waals surface area contributed by atoms with Crippen LogP contribution in [0.5, 0.6) is 5.75 Å². The fraction of sp³-hybridized carbons (Fsp3) is 0.455. The minimum Gasteiger partial charge on any atom is -0.497 e. The second-order valence-electron chi connectivity index (χ2n) is 3.16. The van der Waals surface area contributed by atoms with Crippen molar-refractivity contribution in [1.82, 2.24) is 0 Å². The average Bonchev–Trinajstić information content (AvgIpc) is 2.26. The number of benzene rings is 1. The molecule has 14 heavy (non-hydrogen) atoms. The number of ether oxygens (including phenoxy) is 1. The molecule has 0 atom stereocenters. The monoisotopic (exact) mass is 213 g/mol.